The first kappa shape index (κ1) is 17.3. The van der Waals surface area contributed by atoms with Crippen molar-refractivity contribution in [2.45, 2.75) is 26.2 Å². The van der Waals surface area contributed by atoms with Crippen molar-refractivity contribution in [3.05, 3.63) is 102 Å². The van der Waals surface area contributed by atoms with Crippen molar-refractivity contribution in [1.82, 2.24) is 0 Å². The number of anilines is 3. The van der Waals surface area contributed by atoms with E-state index in [0.717, 1.165) is 11.2 Å². The maximum Gasteiger partial charge on any atom is 0.137 e. The van der Waals surface area contributed by atoms with Gasteiger partial charge >= 0.3 is 0 Å². The van der Waals surface area contributed by atoms with E-state index in [-0.39, 0.29) is 5.41 Å². The zero-order valence-electron chi connectivity index (χ0n) is 17.4. The second kappa shape index (κ2) is 5.99. The molecule has 0 fully saturated rings. The monoisotopic (exact) mass is 389 g/mol. The molecule has 1 aliphatic heterocycles. The molecule has 2 heterocycles. The van der Waals surface area contributed by atoms with Gasteiger partial charge in [-0.25, -0.2) is 0 Å². The summed E-state index contributed by atoms with van der Waals surface area (Å²) in [4.78, 5) is 2.38. The SMILES string of the molecule is Cc1ccc(N2c3ccccc3C(C)(C)c3cc4c(cc32)oc2ccccc24)cc1. The van der Waals surface area contributed by atoms with E-state index >= 15 is 0 Å². The summed E-state index contributed by atoms with van der Waals surface area (Å²) in [5.41, 5.74) is 9.26. The quantitative estimate of drug-likeness (QED) is 0.289. The molecule has 146 valence electrons. The number of furan rings is 1. The number of hydrogen-bond donors (Lipinski definition) is 0. The van der Waals surface area contributed by atoms with Crippen LogP contribution in [0, 0.1) is 6.92 Å². The van der Waals surface area contributed by atoms with Gasteiger partial charge in [0.1, 0.15) is 11.2 Å². The fraction of sp³-hybridized carbons (Fsp3) is 0.143. The summed E-state index contributed by atoms with van der Waals surface area (Å²) < 4.78 is 6.25. The van der Waals surface area contributed by atoms with Crippen LogP contribution in [0.25, 0.3) is 21.9 Å². The molecule has 1 aromatic heterocycles. The molecule has 0 saturated heterocycles. The predicted octanol–water partition coefficient (Wildman–Crippen LogP) is 8.00. The number of aryl methyl sites for hydroxylation is 1. The van der Waals surface area contributed by atoms with Gasteiger partial charge in [-0.05, 0) is 48.4 Å². The summed E-state index contributed by atoms with van der Waals surface area (Å²) in [7, 11) is 0. The second-order valence-electron chi connectivity index (χ2n) is 8.78. The van der Waals surface area contributed by atoms with Crippen molar-refractivity contribution in [3.8, 4) is 0 Å². The van der Waals surface area contributed by atoms with E-state index in [0.29, 0.717) is 0 Å². The Bertz CT molecular complexity index is 1420. The highest BCUT2D eigenvalue weighted by Gasteiger charge is 2.37. The molecule has 0 saturated carbocycles. The molecule has 2 nitrogen and oxygen atoms in total. The van der Waals surface area contributed by atoms with Crippen LogP contribution in [0.15, 0.2) is 89.3 Å². The lowest BCUT2D eigenvalue weighted by atomic mass is 9.73. The molecule has 5 aromatic rings. The largest absolute Gasteiger partial charge is 0.456 e. The summed E-state index contributed by atoms with van der Waals surface area (Å²) in [6.07, 6.45) is 0. The number of fused-ring (bicyclic) bond motifs is 5. The molecule has 6 rings (SSSR count). The number of benzene rings is 4. The third-order valence-electron chi connectivity index (χ3n) is 6.52. The Morgan fingerprint density at radius 1 is 0.667 bits per heavy atom. The lowest BCUT2D eigenvalue weighted by molar-refractivity contribution is 0.630. The molecule has 4 aromatic carbocycles. The molecule has 1 aliphatic rings. The van der Waals surface area contributed by atoms with Crippen molar-refractivity contribution in [3.63, 3.8) is 0 Å². The molecular formula is C28H23NO. The van der Waals surface area contributed by atoms with E-state index in [2.05, 4.69) is 98.5 Å². The molecule has 0 N–H and O–H groups in total. The topological polar surface area (TPSA) is 16.4 Å². The van der Waals surface area contributed by atoms with E-state index < -0.39 is 0 Å². The molecule has 30 heavy (non-hydrogen) atoms. The van der Waals surface area contributed by atoms with E-state index in [1.807, 2.05) is 12.1 Å². The predicted molar refractivity (Wildman–Crippen MR) is 125 cm³/mol. The van der Waals surface area contributed by atoms with Crippen molar-refractivity contribution >= 4 is 39.0 Å². The normalized spacial score (nSPS) is 14.7. The molecule has 0 radical (unpaired) electrons. The van der Waals surface area contributed by atoms with Crippen molar-refractivity contribution in [2.24, 2.45) is 0 Å². The van der Waals surface area contributed by atoms with Crippen LogP contribution in [0.5, 0.6) is 0 Å². The fourth-order valence-electron chi connectivity index (χ4n) is 4.89. The average molecular weight is 389 g/mol. The summed E-state index contributed by atoms with van der Waals surface area (Å²) in [5.74, 6) is 0. The number of nitrogens with zero attached hydrogens (tertiary/aromatic N) is 1. The summed E-state index contributed by atoms with van der Waals surface area (Å²) in [6.45, 7) is 6.78. The van der Waals surface area contributed by atoms with Crippen molar-refractivity contribution in [1.29, 1.82) is 0 Å². The molecular weight excluding hydrogens is 366 g/mol. The number of rotatable bonds is 1. The van der Waals surface area contributed by atoms with Gasteiger partial charge in [0.15, 0.2) is 0 Å². The van der Waals surface area contributed by atoms with Gasteiger partial charge in [0.05, 0.1) is 11.4 Å². The Kier molecular flexibility index (Phi) is 3.47. The summed E-state index contributed by atoms with van der Waals surface area (Å²) in [6, 6.07) is 30.4. The van der Waals surface area contributed by atoms with Crippen LogP contribution in [-0.2, 0) is 5.41 Å². The molecule has 0 unspecified atom stereocenters. The lowest BCUT2D eigenvalue weighted by Gasteiger charge is -2.42. The highest BCUT2D eigenvalue weighted by atomic mass is 16.3. The van der Waals surface area contributed by atoms with E-state index in [9.17, 15) is 0 Å². The summed E-state index contributed by atoms with van der Waals surface area (Å²) >= 11 is 0. The fourth-order valence-corrected chi connectivity index (χ4v) is 4.89. The molecule has 0 aliphatic carbocycles. The molecule has 0 amide bonds. The van der Waals surface area contributed by atoms with Gasteiger partial charge in [0, 0.05) is 27.9 Å². The van der Waals surface area contributed by atoms with E-state index in [4.69, 9.17) is 4.42 Å². The van der Waals surface area contributed by atoms with Crippen LogP contribution >= 0.6 is 0 Å². The third-order valence-corrected chi connectivity index (χ3v) is 6.52. The number of para-hydroxylation sites is 2. The lowest BCUT2D eigenvalue weighted by Crippen LogP contribution is -2.30. The first-order valence-corrected chi connectivity index (χ1v) is 10.5. The Labute approximate surface area is 176 Å². The zero-order chi connectivity index (χ0) is 20.5. The Morgan fingerprint density at radius 2 is 1.40 bits per heavy atom. The second-order valence-corrected chi connectivity index (χ2v) is 8.78. The van der Waals surface area contributed by atoms with Crippen LogP contribution in [0.3, 0.4) is 0 Å². The van der Waals surface area contributed by atoms with Crippen molar-refractivity contribution in [2.75, 3.05) is 4.90 Å². The van der Waals surface area contributed by atoms with E-state index in [1.165, 1.54) is 44.5 Å². The highest BCUT2D eigenvalue weighted by molar-refractivity contribution is 6.07. The molecule has 0 bridgehead atoms. The smallest absolute Gasteiger partial charge is 0.137 e. The minimum absolute atomic E-state index is 0.111. The molecule has 0 spiro atoms. The van der Waals surface area contributed by atoms with Crippen LogP contribution in [0.2, 0.25) is 0 Å². The minimum atomic E-state index is -0.111. The van der Waals surface area contributed by atoms with Gasteiger partial charge in [-0.15, -0.1) is 0 Å². The highest BCUT2D eigenvalue weighted by Crippen LogP contribution is 2.53. The van der Waals surface area contributed by atoms with Gasteiger partial charge in [0.25, 0.3) is 0 Å². The standard InChI is InChI=1S/C28H23NO/c1-18-12-14-19(15-13-18)29-24-10-6-5-9-22(24)28(2,3)23-16-21-20-8-4-7-11-26(20)30-27(21)17-25(23)29/h4-17H,1-3H3. The van der Waals surface area contributed by atoms with E-state index in [1.54, 1.807) is 0 Å². The maximum absolute atomic E-state index is 6.25. The Balaban J connectivity index is 1.72. The van der Waals surface area contributed by atoms with Crippen LogP contribution in [0.4, 0.5) is 17.1 Å². The van der Waals surface area contributed by atoms with Gasteiger partial charge in [-0.3, -0.25) is 0 Å². The summed E-state index contributed by atoms with van der Waals surface area (Å²) in [5, 5.41) is 2.35. The molecule has 0 atom stereocenters. The van der Waals surface area contributed by atoms with Gasteiger partial charge < -0.3 is 9.32 Å². The molecule has 2 heteroatoms. The van der Waals surface area contributed by atoms with Gasteiger partial charge in [-0.1, -0.05) is 67.9 Å². The zero-order valence-corrected chi connectivity index (χ0v) is 17.4. The average Bonchev–Trinajstić information content (AvgIpc) is 3.12. The third kappa shape index (κ3) is 2.31. The van der Waals surface area contributed by atoms with Crippen LogP contribution in [-0.4, -0.2) is 0 Å². The first-order chi connectivity index (χ1) is 14.5. The maximum atomic E-state index is 6.25. The van der Waals surface area contributed by atoms with Gasteiger partial charge in [-0.2, -0.15) is 0 Å². The first-order valence-electron chi connectivity index (χ1n) is 10.5. The van der Waals surface area contributed by atoms with Crippen molar-refractivity contribution < 1.29 is 4.42 Å². The number of hydrogen-bond acceptors (Lipinski definition) is 2. The van der Waals surface area contributed by atoms with Crippen LogP contribution < -0.4 is 4.90 Å². The van der Waals surface area contributed by atoms with Gasteiger partial charge in [0.2, 0.25) is 0 Å². The Hall–Kier alpha value is -3.52. The van der Waals surface area contributed by atoms with Crippen LogP contribution in [0.1, 0.15) is 30.5 Å². The Morgan fingerprint density at radius 3 is 2.23 bits per heavy atom. The minimum Gasteiger partial charge on any atom is -0.456 e.